The SMILES string of the molecule is Cc1ccc2c(c1)c1c3n2CCC(O)(c2cccnc2)CC3CNCC1. The Morgan fingerprint density at radius 1 is 1.31 bits per heavy atom. The molecule has 0 amide bonds. The Labute approximate surface area is 153 Å². The molecule has 4 heteroatoms. The van der Waals surface area contributed by atoms with Crippen molar-refractivity contribution < 1.29 is 5.11 Å². The third kappa shape index (κ3) is 2.40. The van der Waals surface area contributed by atoms with E-state index < -0.39 is 5.60 Å². The van der Waals surface area contributed by atoms with Crippen molar-refractivity contribution in [3.63, 3.8) is 0 Å². The fraction of sp³-hybridized carbons (Fsp3) is 0.409. The van der Waals surface area contributed by atoms with Crippen LogP contribution in [0, 0.1) is 6.92 Å². The number of pyridine rings is 1. The fourth-order valence-electron chi connectivity index (χ4n) is 4.99. The second kappa shape index (κ2) is 5.93. The van der Waals surface area contributed by atoms with Gasteiger partial charge in [0.1, 0.15) is 0 Å². The summed E-state index contributed by atoms with van der Waals surface area (Å²) >= 11 is 0. The Bertz CT molecular complexity index is 962. The standard InChI is InChI=1S/C22H25N3O/c1-15-4-5-20-19(11-15)18-6-9-24-13-16-12-22(26,7-10-25(20)21(16)18)17-3-2-8-23-14-17/h2-5,8,11,14,16,24,26H,6-7,9-10,12-13H2,1H3. The molecule has 0 saturated carbocycles. The maximum Gasteiger partial charge on any atom is 0.0935 e. The smallest absolute Gasteiger partial charge is 0.0935 e. The number of fused-ring (bicyclic) bond motifs is 3. The van der Waals surface area contributed by atoms with Crippen LogP contribution >= 0.6 is 0 Å². The number of hydrogen-bond acceptors (Lipinski definition) is 3. The number of benzene rings is 1. The quantitative estimate of drug-likeness (QED) is 0.710. The molecular weight excluding hydrogens is 322 g/mol. The molecule has 0 radical (unpaired) electrons. The van der Waals surface area contributed by atoms with Gasteiger partial charge >= 0.3 is 0 Å². The summed E-state index contributed by atoms with van der Waals surface area (Å²) in [5.74, 6) is 0.313. The van der Waals surface area contributed by atoms with Crippen LogP contribution in [0.15, 0.2) is 42.7 Å². The third-order valence-electron chi connectivity index (χ3n) is 6.23. The minimum absolute atomic E-state index is 0.313. The highest BCUT2D eigenvalue weighted by Crippen LogP contribution is 2.44. The van der Waals surface area contributed by atoms with E-state index >= 15 is 0 Å². The Hall–Kier alpha value is -2.17. The highest BCUT2D eigenvalue weighted by atomic mass is 16.3. The predicted molar refractivity (Wildman–Crippen MR) is 103 cm³/mol. The number of aliphatic hydroxyl groups is 1. The van der Waals surface area contributed by atoms with Crippen LogP contribution in [0.1, 0.15) is 41.1 Å². The zero-order valence-electron chi connectivity index (χ0n) is 15.2. The van der Waals surface area contributed by atoms with E-state index in [0.717, 1.165) is 44.5 Å². The van der Waals surface area contributed by atoms with Crippen LogP contribution in [0.25, 0.3) is 10.9 Å². The molecule has 2 aliphatic rings. The summed E-state index contributed by atoms with van der Waals surface area (Å²) in [5, 5.41) is 16.6. The molecular formula is C22H25N3O. The van der Waals surface area contributed by atoms with Crippen molar-refractivity contribution >= 4 is 10.9 Å². The second-order valence-electron chi connectivity index (χ2n) is 7.91. The largest absolute Gasteiger partial charge is 0.385 e. The summed E-state index contributed by atoms with van der Waals surface area (Å²) in [6, 6.07) is 10.7. The van der Waals surface area contributed by atoms with Gasteiger partial charge in [-0.05, 0) is 56.5 Å². The number of aryl methyl sites for hydroxylation is 2. The van der Waals surface area contributed by atoms with E-state index in [1.165, 1.54) is 27.7 Å². The maximum atomic E-state index is 11.6. The van der Waals surface area contributed by atoms with Crippen molar-refractivity contribution in [1.82, 2.24) is 14.9 Å². The first-order valence-corrected chi connectivity index (χ1v) is 9.61. The lowest BCUT2D eigenvalue weighted by Crippen LogP contribution is -2.30. The monoisotopic (exact) mass is 347 g/mol. The van der Waals surface area contributed by atoms with Gasteiger partial charge in [0, 0.05) is 53.6 Å². The van der Waals surface area contributed by atoms with E-state index in [2.05, 4.69) is 40.0 Å². The first-order chi connectivity index (χ1) is 12.7. The summed E-state index contributed by atoms with van der Waals surface area (Å²) in [6.07, 6.45) is 6.12. The molecule has 4 nitrogen and oxygen atoms in total. The Morgan fingerprint density at radius 3 is 3.08 bits per heavy atom. The van der Waals surface area contributed by atoms with Crippen LogP contribution in [0.4, 0.5) is 0 Å². The summed E-state index contributed by atoms with van der Waals surface area (Å²) in [5.41, 5.74) is 5.68. The Morgan fingerprint density at radius 2 is 2.23 bits per heavy atom. The lowest BCUT2D eigenvalue weighted by atomic mass is 9.82. The highest BCUT2D eigenvalue weighted by molar-refractivity contribution is 5.86. The average Bonchev–Trinajstić information content (AvgIpc) is 2.76. The molecule has 5 rings (SSSR count). The van der Waals surface area contributed by atoms with Gasteiger partial charge < -0.3 is 15.0 Å². The molecule has 0 spiro atoms. The van der Waals surface area contributed by atoms with E-state index in [1.807, 2.05) is 18.3 Å². The zero-order chi connectivity index (χ0) is 17.7. The van der Waals surface area contributed by atoms with Crippen molar-refractivity contribution in [3.05, 3.63) is 65.1 Å². The van der Waals surface area contributed by atoms with Crippen molar-refractivity contribution in [3.8, 4) is 0 Å². The number of nitrogens with zero attached hydrogens (tertiary/aromatic N) is 2. The van der Waals surface area contributed by atoms with Gasteiger partial charge in [-0.25, -0.2) is 0 Å². The van der Waals surface area contributed by atoms with Gasteiger partial charge in [0.25, 0.3) is 0 Å². The van der Waals surface area contributed by atoms with Crippen molar-refractivity contribution in [2.45, 2.75) is 44.2 Å². The molecule has 3 aromatic rings. The average molecular weight is 347 g/mol. The second-order valence-corrected chi connectivity index (χ2v) is 7.91. The number of rotatable bonds is 1. The molecule has 2 aromatic heterocycles. The Balaban J connectivity index is 1.68. The summed E-state index contributed by atoms with van der Waals surface area (Å²) < 4.78 is 2.48. The summed E-state index contributed by atoms with van der Waals surface area (Å²) in [4.78, 5) is 4.25. The molecule has 1 aromatic carbocycles. The highest BCUT2D eigenvalue weighted by Gasteiger charge is 2.39. The number of nitrogens with one attached hydrogen (secondary N) is 1. The van der Waals surface area contributed by atoms with Gasteiger partial charge in [-0.1, -0.05) is 17.7 Å². The number of aromatic nitrogens is 2. The Kier molecular flexibility index (Phi) is 3.66. The molecule has 2 N–H and O–H groups in total. The minimum atomic E-state index is -0.821. The van der Waals surface area contributed by atoms with E-state index in [-0.39, 0.29) is 0 Å². The van der Waals surface area contributed by atoms with E-state index in [1.54, 1.807) is 6.20 Å². The molecule has 2 atom stereocenters. The summed E-state index contributed by atoms with van der Waals surface area (Å²) in [7, 11) is 0. The molecule has 26 heavy (non-hydrogen) atoms. The predicted octanol–water partition coefficient (Wildman–Crippen LogP) is 3.26. The zero-order valence-corrected chi connectivity index (χ0v) is 15.2. The van der Waals surface area contributed by atoms with Gasteiger partial charge in [-0.3, -0.25) is 4.98 Å². The van der Waals surface area contributed by atoms with E-state index in [9.17, 15) is 5.11 Å². The number of hydrogen-bond donors (Lipinski definition) is 2. The van der Waals surface area contributed by atoms with E-state index in [4.69, 9.17) is 0 Å². The third-order valence-corrected chi connectivity index (χ3v) is 6.23. The molecule has 4 heterocycles. The minimum Gasteiger partial charge on any atom is -0.385 e. The maximum absolute atomic E-state index is 11.6. The molecule has 2 aliphatic heterocycles. The normalized spacial score (nSPS) is 25.5. The van der Waals surface area contributed by atoms with Crippen LogP contribution in [0.3, 0.4) is 0 Å². The first kappa shape index (κ1) is 16.0. The van der Waals surface area contributed by atoms with Crippen LogP contribution in [0.2, 0.25) is 0 Å². The first-order valence-electron chi connectivity index (χ1n) is 9.61. The van der Waals surface area contributed by atoms with Crippen LogP contribution in [0.5, 0.6) is 0 Å². The van der Waals surface area contributed by atoms with Crippen molar-refractivity contribution in [1.29, 1.82) is 0 Å². The van der Waals surface area contributed by atoms with Crippen LogP contribution < -0.4 is 5.32 Å². The van der Waals surface area contributed by atoms with Gasteiger partial charge in [0.05, 0.1) is 5.60 Å². The topological polar surface area (TPSA) is 50.1 Å². The lowest BCUT2D eigenvalue weighted by Gasteiger charge is -2.29. The molecule has 0 fully saturated rings. The molecule has 0 bridgehead atoms. The molecule has 2 unspecified atom stereocenters. The fourth-order valence-corrected chi connectivity index (χ4v) is 4.99. The van der Waals surface area contributed by atoms with Crippen molar-refractivity contribution in [2.24, 2.45) is 0 Å². The molecule has 0 aliphatic carbocycles. The molecule has 134 valence electrons. The van der Waals surface area contributed by atoms with Gasteiger partial charge in [0.2, 0.25) is 0 Å². The van der Waals surface area contributed by atoms with Crippen LogP contribution in [-0.2, 0) is 18.6 Å². The van der Waals surface area contributed by atoms with Crippen molar-refractivity contribution in [2.75, 3.05) is 13.1 Å². The lowest BCUT2D eigenvalue weighted by molar-refractivity contribution is 0.0127. The van der Waals surface area contributed by atoms with Gasteiger partial charge in [-0.15, -0.1) is 0 Å². The molecule has 0 saturated heterocycles. The van der Waals surface area contributed by atoms with Crippen LogP contribution in [-0.4, -0.2) is 27.7 Å². The van der Waals surface area contributed by atoms with Gasteiger partial charge in [-0.2, -0.15) is 0 Å². The van der Waals surface area contributed by atoms with Gasteiger partial charge in [0.15, 0.2) is 0 Å². The summed E-state index contributed by atoms with van der Waals surface area (Å²) in [6.45, 7) is 4.94. The van der Waals surface area contributed by atoms with E-state index in [0.29, 0.717) is 5.92 Å².